The molecule has 1 fully saturated rings. The molecule has 1 saturated heterocycles. The van der Waals surface area contributed by atoms with E-state index in [2.05, 4.69) is 39.4 Å². The minimum absolute atomic E-state index is 0.0375. The van der Waals surface area contributed by atoms with E-state index in [0.29, 0.717) is 5.75 Å². The zero-order valence-corrected chi connectivity index (χ0v) is 15.5. The lowest BCUT2D eigenvalue weighted by atomic mass is 9.96. The smallest absolute Gasteiger partial charge is 0.289 e. The zero-order valence-electron chi connectivity index (χ0n) is 13.1. The van der Waals surface area contributed by atoms with Crippen molar-refractivity contribution in [2.24, 2.45) is 5.10 Å². The summed E-state index contributed by atoms with van der Waals surface area (Å²) < 4.78 is 7.25. The lowest BCUT2D eigenvalue weighted by Crippen LogP contribution is -2.62. The third-order valence-electron chi connectivity index (χ3n) is 4.69. The summed E-state index contributed by atoms with van der Waals surface area (Å²) >= 11 is 4.78. The van der Waals surface area contributed by atoms with Gasteiger partial charge in [-0.25, -0.2) is 5.01 Å². The standard InChI is InChI=1S/C18H14BrN3O2S/c19-12-6-7-16-13(8-12)15-9-14(11-4-2-1-3-5-11)21-22(15)18(24-16)10-25-17(23)20-18/h1-8,15H,9-10H2,(H,20,23)/t15-,18+/m0/s1. The molecular weight excluding hydrogens is 402 g/mol. The van der Waals surface area contributed by atoms with Crippen molar-refractivity contribution in [3.63, 3.8) is 0 Å². The first-order valence-corrected chi connectivity index (χ1v) is 9.78. The predicted octanol–water partition coefficient (Wildman–Crippen LogP) is 4.10. The Kier molecular flexibility index (Phi) is 3.36. The van der Waals surface area contributed by atoms with E-state index in [-0.39, 0.29) is 11.3 Å². The number of amides is 1. The van der Waals surface area contributed by atoms with Gasteiger partial charge in [-0.1, -0.05) is 58.0 Å². The number of benzene rings is 2. The average Bonchev–Trinajstić information content (AvgIpc) is 3.22. The summed E-state index contributed by atoms with van der Waals surface area (Å²) in [6, 6.07) is 16.2. The number of nitrogens with zero attached hydrogens (tertiary/aromatic N) is 2. The molecule has 0 aromatic heterocycles. The Morgan fingerprint density at radius 1 is 1.28 bits per heavy atom. The maximum atomic E-state index is 11.9. The summed E-state index contributed by atoms with van der Waals surface area (Å²) in [7, 11) is 0. The minimum atomic E-state index is -0.913. The van der Waals surface area contributed by atoms with Gasteiger partial charge < -0.3 is 4.74 Å². The quantitative estimate of drug-likeness (QED) is 0.761. The van der Waals surface area contributed by atoms with E-state index in [4.69, 9.17) is 9.84 Å². The molecule has 0 unspecified atom stereocenters. The average molecular weight is 416 g/mol. The second kappa shape index (κ2) is 5.51. The number of thioether (sulfide) groups is 1. The summed E-state index contributed by atoms with van der Waals surface area (Å²) in [4.78, 5) is 11.9. The van der Waals surface area contributed by atoms with Crippen LogP contribution in [0.5, 0.6) is 5.75 Å². The van der Waals surface area contributed by atoms with Gasteiger partial charge in [0, 0.05) is 16.5 Å². The molecule has 0 radical (unpaired) electrons. The van der Waals surface area contributed by atoms with Gasteiger partial charge in [-0.15, -0.1) is 0 Å². The molecule has 2 atom stereocenters. The molecule has 1 amide bonds. The summed E-state index contributed by atoms with van der Waals surface area (Å²) in [5.74, 6) is 0.393. The summed E-state index contributed by atoms with van der Waals surface area (Å²) in [6.45, 7) is 0. The largest absolute Gasteiger partial charge is 0.447 e. The molecule has 25 heavy (non-hydrogen) atoms. The number of carbonyl (C=O) groups excluding carboxylic acids is 1. The molecule has 2 aromatic rings. The maximum Gasteiger partial charge on any atom is 0.289 e. The van der Waals surface area contributed by atoms with Crippen LogP contribution in [-0.4, -0.2) is 27.6 Å². The first-order chi connectivity index (χ1) is 12.1. The van der Waals surface area contributed by atoms with Gasteiger partial charge in [-0.2, -0.15) is 5.10 Å². The number of halogens is 1. The summed E-state index contributed by atoms with van der Waals surface area (Å²) in [5.41, 5.74) is 3.19. The number of hydrazone groups is 1. The van der Waals surface area contributed by atoms with Crippen LogP contribution in [0.1, 0.15) is 23.6 Å². The van der Waals surface area contributed by atoms with Gasteiger partial charge in [0.05, 0.1) is 17.5 Å². The summed E-state index contributed by atoms with van der Waals surface area (Å²) in [6.07, 6.45) is 0.777. The Bertz CT molecular complexity index is 904. The molecule has 3 aliphatic rings. The van der Waals surface area contributed by atoms with E-state index in [1.807, 2.05) is 35.3 Å². The van der Waals surface area contributed by atoms with Crippen molar-refractivity contribution in [3.8, 4) is 5.75 Å². The van der Waals surface area contributed by atoms with E-state index in [1.165, 1.54) is 11.8 Å². The first kappa shape index (κ1) is 15.3. The number of rotatable bonds is 1. The second-order valence-corrected chi connectivity index (χ2v) is 8.11. The molecular formula is C18H14BrN3O2S. The fraction of sp³-hybridized carbons (Fsp3) is 0.222. The Morgan fingerprint density at radius 3 is 2.88 bits per heavy atom. The maximum absolute atomic E-state index is 11.9. The summed E-state index contributed by atoms with van der Waals surface area (Å²) in [5, 5.41) is 9.69. The molecule has 3 heterocycles. The zero-order chi connectivity index (χ0) is 17.0. The molecule has 2 aromatic carbocycles. The minimum Gasteiger partial charge on any atom is -0.447 e. The van der Waals surface area contributed by atoms with Gasteiger partial charge in [0.1, 0.15) is 5.75 Å². The van der Waals surface area contributed by atoms with Crippen molar-refractivity contribution >= 4 is 38.6 Å². The first-order valence-electron chi connectivity index (χ1n) is 8.00. The van der Waals surface area contributed by atoms with Gasteiger partial charge >= 0.3 is 0 Å². The number of fused-ring (bicyclic) bond motifs is 4. The number of carbonyl (C=O) groups is 1. The van der Waals surface area contributed by atoms with Crippen molar-refractivity contribution in [1.29, 1.82) is 0 Å². The van der Waals surface area contributed by atoms with Crippen molar-refractivity contribution in [2.45, 2.75) is 18.3 Å². The topological polar surface area (TPSA) is 53.9 Å². The van der Waals surface area contributed by atoms with Crippen LogP contribution >= 0.6 is 27.7 Å². The Hall–Kier alpha value is -1.99. The Morgan fingerprint density at radius 2 is 2.12 bits per heavy atom. The van der Waals surface area contributed by atoms with E-state index < -0.39 is 5.85 Å². The van der Waals surface area contributed by atoms with Gasteiger partial charge in [-0.3, -0.25) is 10.1 Å². The monoisotopic (exact) mass is 415 g/mol. The van der Waals surface area contributed by atoms with Gasteiger partial charge in [0.25, 0.3) is 11.1 Å². The molecule has 0 aliphatic carbocycles. The second-order valence-electron chi connectivity index (χ2n) is 6.25. The molecule has 7 heteroatoms. The van der Waals surface area contributed by atoms with Crippen LogP contribution in [-0.2, 0) is 0 Å². The highest BCUT2D eigenvalue weighted by Gasteiger charge is 2.55. The predicted molar refractivity (Wildman–Crippen MR) is 101 cm³/mol. The van der Waals surface area contributed by atoms with Gasteiger partial charge in [0.2, 0.25) is 0 Å². The van der Waals surface area contributed by atoms with E-state index in [9.17, 15) is 4.79 Å². The van der Waals surface area contributed by atoms with E-state index in [0.717, 1.165) is 33.5 Å². The van der Waals surface area contributed by atoms with Crippen LogP contribution < -0.4 is 10.1 Å². The molecule has 1 N–H and O–H groups in total. The van der Waals surface area contributed by atoms with E-state index in [1.54, 1.807) is 0 Å². The van der Waals surface area contributed by atoms with Crippen LogP contribution in [0.2, 0.25) is 0 Å². The Labute approximate surface area is 157 Å². The highest BCUT2D eigenvalue weighted by atomic mass is 79.9. The number of nitrogens with one attached hydrogen (secondary N) is 1. The van der Waals surface area contributed by atoms with Gasteiger partial charge in [0.15, 0.2) is 0 Å². The molecule has 1 spiro atoms. The number of ether oxygens (including phenoxy) is 1. The fourth-order valence-electron chi connectivity index (χ4n) is 3.57. The molecule has 5 nitrogen and oxygen atoms in total. The van der Waals surface area contributed by atoms with E-state index >= 15 is 0 Å². The molecule has 126 valence electrons. The normalized spacial score (nSPS) is 26.8. The lowest BCUT2D eigenvalue weighted by Gasteiger charge is -2.44. The van der Waals surface area contributed by atoms with Crippen molar-refractivity contribution in [1.82, 2.24) is 10.3 Å². The van der Waals surface area contributed by atoms with Crippen LogP contribution in [0.3, 0.4) is 0 Å². The fourth-order valence-corrected chi connectivity index (χ4v) is 4.77. The number of hydrogen-bond acceptors (Lipinski definition) is 5. The Balaban J connectivity index is 1.63. The molecule has 0 bridgehead atoms. The third-order valence-corrected chi connectivity index (χ3v) is 6.09. The highest BCUT2D eigenvalue weighted by molar-refractivity contribution is 9.10. The lowest BCUT2D eigenvalue weighted by molar-refractivity contribution is -0.111. The van der Waals surface area contributed by atoms with Crippen molar-refractivity contribution in [2.75, 3.05) is 5.75 Å². The van der Waals surface area contributed by atoms with Crippen LogP contribution in [0.15, 0.2) is 58.1 Å². The molecule has 3 aliphatic heterocycles. The van der Waals surface area contributed by atoms with Crippen molar-refractivity contribution in [3.05, 3.63) is 64.1 Å². The van der Waals surface area contributed by atoms with Crippen LogP contribution in [0.25, 0.3) is 0 Å². The third kappa shape index (κ3) is 2.37. The van der Waals surface area contributed by atoms with Crippen molar-refractivity contribution < 1.29 is 9.53 Å². The van der Waals surface area contributed by atoms with Gasteiger partial charge in [-0.05, 0) is 23.8 Å². The molecule has 5 rings (SSSR count). The SMILES string of the molecule is O=C1N[C@@]2(CS1)Oc1ccc(Br)cc1[C@@H]1CC(c3ccccc3)=NN12. The number of hydrogen-bond donors (Lipinski definition) is 1. The van der Waals surface area contributed by atoms with Crippen LogP contribution in [0.4, 0.5) is 4.79 Å². The molecule has 0 saturated carbocycles. The highest BCUT2D eigenvalue weighted by Crippen LogP contribution is 2.48. The van der Waals surface area contributed by atoms with Crippen LogP contribution in [0, 0.1) is 0 Å².